The molecule has 0 atom stereocenters. The number of fused-ring (bicyclic) bond motifs is 2. The molecule has 0 spiro atoms. The molecule has 0 bridgehead atoms. The Morgan fingerprint density at radius 1 is 1.00 bits per heavy atom. The van der Waals surface area contributed by atoms with Crippen LogP contribution in [0.1, 0.15) is 41.4 Å². The predicted octanol–water partition coefficient (Wildman–Crippen LogP) is 5.16. The highest BCUT2D eigenvalue weighted by Crippen LogP contribution is 2.27. The third-order valence-electron chi connectivity index (χ3n) is 5.04. The van der Waals surface area contributed by atoms with Crippen molar-refractivity contribution >= 4 is 33.8 Å². The van der Waals surface area contributed by atoms with Gasteiger partial charge in [-0.05, 0) is 37.5 Å². The molecule has 6 heteroatoms. The van der Waals surface area contributed by atoms with Crippen LogP contribution in [-0.4, -0.2) is 23.5 Å². The quantitative estimate of drug-likeness (QED) is 0.410. The third-order valence-corrected chi connectivity index (χ3v) is 5.04. The predicted molar refractivity (Wildman–Crippen MR) is 113 cm³/mol. The average molecular weight is 405 g/mol. The van der Waals surface area contributed by atoms with Gasteiger partial charge in [0.1, 0.15) is 12.2 Å². The topological polar surface area (TPSA) is 81.5 Å². The molecular weight excluding hydrogens is 382 g/mol. The molecule has 0 aliphatic carbocycles. The smallest absolute Gasteiger partial charge is 0.374 e. The van der Waals surface area contributed by atoms with Gasteiger partial charge >= 0.3 is 11.9 Å². The molecule has 4 aromatic rings. The molecule has 0 radical (unpaired) electrons. The summed E-state index contributed by atoms with van der Waals surface area (Å²) in [6.07, 6.45) is 3.74. The summed E-state index contributed by atoms with van der Waals surface area (Å²) in [5.41, 5.74) is 3.37. The first kappa shape index (κ1) is 19.8. The van der Waals surface area contributed by atoms with Gasteiger partial charge in [0.15, 0.2) is 0 Å². The number of rotatable bonds is 8. The minimum absolute atomic E-state index is 0.0307. The number of carbonyl (C=O) groups is 2. The number of hydrogen-bond acceptors (Lipinski definition) is 5. The Bertz CT molecular complexity index is 1190. The minimum Gasteiger partial charge on any atom is -0.461 e. The van der Waals surface area contributed by atoms with Crippen LogP contribution in [0.5, 0.6) is 0 Å². The van der Waals surface area contributed by atoms with Gasteiger partial charge in [-0.3, -0.25) is 4.79 Å². The van der Waals surface area contributed by atoms with Gasteiger partial charge in [-0.25, -0.2) is 4.79 Å². The first-order valence-electron chi connectivity index (χ1n) is 10.1. The van der Waals surface area contributed by atoms with E-state index in [1.165, 1.54) is 10.9 Å². The number of esters is 2. The van der Waals surface area contributed by atoms with E-state index in [-0.39, 0.29) is 24.9 Å². The number of ether oxygens (including phenoxy) is 2. The molecule has 2 aromatic carbocycles. The van der Waals surface area contributed by atoms with Crippen LogP contribution in [0, 0.1) is 0 Å². The maximum absolute atomic E-state index is 12.3. The van der Waals surface area contributed by atoms with E-state index in [1.807, 2.05) is 42.6 Å². The lowest BCUT2D eigenvalue weighted by molar-refractivity contribution is -0.145. The van der Waals surface area contributed by atoms with Crippen molar-refractivity contribution in [1.29, 1.82) is 0 Å². The van der Waals surface area contributed by atoms with Crippen molar-refractivity contribution in [2.24, 2.45) is 0 Å². The molecule has 0 unspecified atom stereocenters. The van der Waals surface area contributed by atoms with Gasteiger partial charge in [0.05, 0.1) is 12.2 Å². The van der Waals surface area contributed by atoms with Gasteiger partial charge in [-0.15, -0.1) is 0 Å². The lowest BCUT2D eigenvalue weighted by atomic mass is 10.1. The fraction of sp³-hybridized carbons (Fsp3) is 0.250. The number of hydrogen-bond donors (Lipinski definition) is 1. The molecule has 154 valence electrons. The number of H-pyrrole nitrogens is 1. The Kier molecular flexibility index (Phi) is 5.84. The summed E-state index contributed by atoms with van der Waals surface area (Å²) in [6.45, 7) is 1.94. The first-order valence-corrected chi connectivity index (χ1v) is 10.1. The molecule has 0 fully saturated rings. The maximum Gasteiger partial charge on any atom is 0.374 e. The van der Waals surface area contributed by atoms with Crippen molar-refractivity contribution < 1.29 is 23.5 Å². The van der Waals surface area contributed by atoms with E-state index in [1.54, 1.807) is 13.0 Å². The van der Waals surface area contributed by atoms with Crippen LogP contribution in [0.15, 0.2) is 59.1 Å². The Morgan fingerprint density at radius 3 is 2.60 bits per heavy atom. The molecule has 2 aromatic heterocycles. The normalized spacial score (nSPS) is 11.1. The number of carbonyl (C=O) groups excluding carboxylic acids is 2. The van der Waals surface area contributed by atoms with E-state index < -0.39 is 5.97 Å². The maximum atomic E-state index is 12.3. The van der Waals surface area contributed by atoms with Crippen LogP contribution in [0.25, 0.3) is 21.9 Å². The van der Waals surface area contributed by atoms with Gasteiger partial charge in [-0.1, -0.05) is 36.4 Å². The second-order valence-corrected chi connectivity index (χ2v) is 7.00. The van der Waals surface area contributed by atoms with Crippen LogP contribution in [0.2, 0.25) is 0 Å². The van der Waals surface area contributed by atoms with Gasteiger partial charge in [0.25, 0.3) is 0 Å². The Labute approximate surface area is 173 Å². The third kappa shape index (κ3) is 4.08. The van der Waals surface area contributed by atoms with Crippen LogP contribution < -0.4 is 0 Å². The lowest BCUT2D eigenvalue weighted by Gasteiger charge is -2.06. The average Bonchev–Trinajstić information content (AvgIpc) is 3.34. The highest BCUT2D eigenvalue weighted by molar-refractivity contribution is 5.96. The lowest BCUT2D eigenvalue weighted by Crippen LogP contribution is -2.09. The molecule has 1 N–H and O–H groups in total. The van der Waals surface area contributed by atoms with E-state index in [0.29, 0.717) is 24.0 Å². The highest BCUT2D eigenvalue weighted by Gasteiger charge is 2.22. The number of aryl methyl sites for hydroxylation is 1. The number of para-hydroxylation sites is 2. The van der Waals surface area contributed by atoms with Crippen molar-refractivity contribution in [3.05, 3.63) is 71.6 Å². The highest BCUT2D eigenvalue weighted by atomic mass is 16.5. The van der Waals surface area contributed by atoms with Gasteiger partial charge in [-0.2, -0.15) is 0 Å². The summed E-state index contributed by atoms with van der Waals surface area (Å²) >= 11 is 0. The molecular formula is C24H23NO5. The number of benzene rings is 2. The van der Waals surface area contributed by atoms with Crippen LogP contribution >= 0.6 is 0 Å². The van der Waals surface area contributed by atoms with Crippen LogP contribution in [0.4, 0.5) is 0 Å². The standard InChI is InChI=1S/C24H23NO5/c1-2-28-24(27)23-19(18-10-4-6-12-21(18)30-23)15-29-22(26)13-7-8-16-14-25-20-11-5-3-9-17(16)20/h3-6,9-12,14,25H,2,7-8,13,15H2,1H3. The van der Waals surface area contributed by atoms with E-state index in [2.05, 4.69) is 11.1 Å². The molecule has 30 heavy (non-hydrogen) atoms. The zero-order valence-corrected chi connectivity index (χ0v) is 16.8. The molecule has 0 saturated carbocycles. The Balaban J connectivity index is 1.38. The van der Waals surface area contributed by atoms with E-state index in [4.69, 9.17) is 13.9 Å². The van der Waals surface area contributed by atoms with Crippen molar-refractivity contribution in [2.45, 2.75) is 32.8 Å². The largest absolute Gasteiger partial charge is 0.461 e. The second-order valence-electron chi connectivity index (χ2n) is 7.00. The fourth-order valence-corrected chi connectivity index (χ4v) is 3.59. The number of nitrogens with one attached hydrogen (secondary N) is 1. The summed E-state index contributed by atoms with van der Waals surface area (Å²) in [6, 6.07) is 15.4. The van der Waals surface area contributed by atoms with Crippen molar-refractivity contribution in [3.63, 3.8) is 0 Å². The van der Waals surface area contributed by atoms with E-state index in [9.17, 15) is 9.59 Å². The minimum atomic E-state index is -0.556. The zero-order chi connectivity index (χ0) is 20.9. The van der Waals surface area contributed by atoms with Gasteiger partial charge < -0.3 is 18.9 Å². The van der Waals surface area contributed by atoms with Crippen molar-refractivity contribution in [2.75, 3.05) is 6.61 Å². The number of aromatic amines is 1. The molecule has 4 rings (SSSR count). The summed E-state index contributed by atoms with van der Waals surface area (Å²) < 4.78 is 16.2. The fourth-order valence-electron chi connectivity index (χ4n) is 3.59. The summed E-state index contributed by atoms with van der Waals surface area (Å²) in [5, 5.41) is 1.92. The van der Waals surface area contributed by atoms with E-state index >= 15 is 0 Å². The molecule has 2 heterocycles. The molecule has 0 amide bonds. The Morgan fingerprint density at radius 2 is 1.77 bits per heavy atom. The Hall–Kier alpha value is -3.54. The van der Waals surface area contributed by atoms with Gasteiger partial charge in [0.2, 0.25) is 5.76 Å². The monoisotopic (exact) mass is 405 g/mol. The first-order chi connectivity index (χ1) is 14.7. The summed E-state index contributed by atoms with van der Waals surface area (Å²) in [5.74, 6) is -0.779. The number of aromatic nitrogens is 1. The summed E-state index contributed by atoms with van der Waals surface area (Å²) in [4.78, 5) is 27.8. The second kappa shape index (κ2) is 8.86. The van der Waals surface area contributed by atoms with Crippen molar-refractivity contribution in [3.8, 4) is 0 Å². The van der Waals surface area contributed by atoms with Crippen LogP contribution in [-0.2, 0) is 27.3 Å². The summed E-state index contributed by atoms with van der Waals surface area (Å²) in [7, 11) is 0. The molecule has 0 aliphatic heterocycles. The SMILES string of the molecule is CCOC(=O)c1oc2ccccc2c1COC(=O)CCCc1c[nH]c2ccccc12. The van der Waals surface area contributed by atoms with Gasteiger partial charge in [0, 0.05) is 28.9 Å². The molecule has 0 aliphatic rings. The molecule has 6 nitrogen and oxygen atoms in total. The zero-order valence-electron chi connectivity index (χ0n) is 16.8. The number of furan rings is 1. The van der Waals surface area contributed by atoms with Crippen molar-refractivity contribution in [1.82, 2.24) is 4.98 Å². The van der Waals surface area contributed by atoms with E-state index in [0.717, 1.165) is 17.3 Å². The molecule has 0 saturated heterocycles. The van der Waals surface area contributed by atoms with Crippen LogP contribution in [0.3, 0.4) is 0 Å².